The Labute approximate surface area is 222 Å². The number of halogens is 1. The molecule has 2 aliphatic heterocycles. The molecular weight excluding hydrogens is 552 g/mol. The zero-order valence-corrected chi connectivity index (χ0v) is 21.4. The van der Waals surface area contributed by atoms with Crippen LogP contribution in [0, 0.1) is 5.82 Å². The van der Waals surface area contributed by atoms with Crippen molar-refractivity contribution in [3.8, 4) is 11.3 Å². The molecule has 3 unspecified atom stereocenters. The van der Waals surface area contributed by atoms with E-state index in [1.54, 1.807) is 6.20 Å². The number of rotatable bonds is 4. The van der Waals surface area contributed by atoms with Crippen LogP contribution < -0.4 is 10.5 Å². The summed E-state index contributed by atoms with van der Waals surface area (Å²) >= 11 is 1.10. The van der Waals surface area contributed by atoms with Crippen LogP contribution in [0.1, 0.15) is 6.23 Å². The molecule has 2 saturated heterocycles. The largest absolute Gasteiger partial charge is 0.756 e. The third kappa shape index (κ3) is 4.21. The molecule has 2 aliphatic rings. The van der Waals surface area contributed by atoms with Crippen molar-refractivity contribution in [1.29, 1.82) is 0 Å². The maximum Gasteiger partial charge on any atom is 0.287 e. The second-order valence-corrected chi connectivity index (χ2v) is 11.4. The first-order chi connectivity index (χ1) is 18.8. The Balaban J connectivity index is 1.39. The molecule has 5 aromatic rings. The summed E-state index contributed by atoms with van der Waals surface area (Å²) in [5.74, 6) is -0.200. The lowest BCUT2D eigenvalue weighted by molar-refractivity contribution is -0.245. The Morgan fingerprint density at radius 3 is 2.69 bits per heavy atom. The lowest BCUT2D eigenvalue weighted by Gasteiger charge is -2.34. The number of nitrogens with one attached hydrogen (secondary N) is 1. The molecule has 0 bridgehead atoms. The van der Waals surface area contributed by atoms with Crippen LogP contribution in [0.5, 0.6) is 0 Å². The molecule has 2 fully saturated rings. The Morgan fingerprint density at radius 1 is 1.15 bits per heavy atom. The van der Waals surface area contributed by atoms with Gasteiger partial charge in [0, 0.05) is 11.1 Å². The second-order valence-electron chi connectivity index (χ2n) is 9.01. The number of aliphatic hydroxyl groups is 1. The summed E-state index contributed by atoms with van der Waals surface area (Å²) in [5.41, 5.74) is 1.11. The average molecular weight is 570 g/mol. The van der Waals surface area contributed by atoms with Gasteiger partial charge in [-0.3, -0.25) is 13.9 Å². The summed E-state index contributed by atoms with van der Waals surface area (Å²) in [6.45, 7) is -0.344. The van der Waals surface area contributed by atoms with Gasteiger partial charge < -0.3 is 28.8 Å². The van der Waals surface area contributed by atoms with Crippen molar-refractivity contribution in [3.63, 3.8) is 0 Å². The molecule has 2 aromatic carbocycles. The zero-order valence-electron chi connectivity index (χ0n) is 19.7. The van der Waals surface area contributed by atoms with Gasteiger partial charge in [-0.05, 0) is 29.8 Å². The van der Waals surface area contributed by atoms with E-state index in [2.05, 4.69) is 15.0 Å². The van der Waals surface area contributed by atoms with Gasteiger partial charge in [-0.1, -0.05) is 42.1 Å². The summed E-state index contributed by atoms with van der Waals surface area (Å²) < 4.78 is 43.9. The molecular formula is C24H18FN5O7PS-. The Morgan fingerprint density at radius 2 is 1.92 bits per heavy atom. The number of ether oxygens (including phenoxy) is 1. The van der Waals surface area contributed by atoms with Gasteiger partial charge in [0.15, 0.2) is 22.5 Å². The van der Waals surface area contributed by atoms with Gasteiger partial charge in [0.25, 0.3) is 13.4 Å². The monoisotopic (exact) mass is 570 g/mol. The molecule has 200 valence electrons. The van der Waals surface area contributed by atoms with Crippen LogP contribution >= 0.6 is 19.6 Å². The van der Waals surface area contributed by atoms with E-state index >= 15 is 0 Å². The van der Waals surface area contributed by atoms with E-state index in [0.717, 1.165) is 17.3 Å². The molecule has 5 atom stereocenters. The number of fused-ring (bicyclic) bond motifs is 3. The molecule has 12 nitrogen and oxygen atoms in total. The summed E-state index contributed by atoms with van der Waals surface area (Å²) in [6, 6.07) is 15.0. The highest BCUT2D eigenvalue weighted by atomic mass is 32.2. The van der Waals surface area contributed by atoms with Crippen LogP contribution in [0.25, 0.3) is 28.2 Å². The number of H-pyrrole nitrogens is 1. The normalized spacial score (nSPS) is 26.8. The van der Waals surface area contributed by atoms with E-state index in [1.807, 2.05) is 30.3 Å². The number of hydrogen-bond donors (Lipinski definition) is 2. The molecule has 0 aliphatic carbocycles. The Bertz CT molecular complexity index is 1830. The van der Waals surface area contributed by atoms with E-state index < -0.39 is 43.7 Å². The van der Waals surface area contributed by atoms with E-state index in [-0.39, 0.29) is 28.7 Å². The van der Waals surface area contributed by atoms with Gasteiger partial charge in [0.05, 0.1) is 12.3 Å². The summed E-state index contributed by atoms with van der Waals surface area (Å²) in [5, 5.41) is 11.3. The Hall–Kier alpha value is -3.36. The third-order valence-electron chi connectivity index (χ3n) is 6.54. The molecule has 15 heteroatoms. The van der Waals surface area contributed by atoms with Gasteiger partial charge in [-0.25, -0.2) is 13.8 Å². The molecule has 0 spiro atoms. The minimum atomic E-state index is -4.61. The Kier molecular flexibility index (Phi) is 5.75. The topological polar surface area (TPSA) is 156 Å². The highest BCUT2D eigenvalue weighted by Gasteiger charge is 2.51. The van der Waals surface area contributed by atoms with Crippen LogP contribution in [0.3, 0.4) is 0 Å². The standard InChI is InChI=1S/C24H19FN5O7PS/c25-13-6-8-14(9-7-13)39-24-27-17-20(30(24)22-18(31)19-16(36-22)11-35-38(33,34)37-19)28-23-26-15(10-29(23)21(17)32)12-4-2-1-3-5-12/h1-10,16,18-19,22,31H,11H2,(H,26,28)(H,33,34)/p-1/t16?,18?,19-,22-/m1/s1. The first-order valence-corrected chi connectivity index (χ1v) is 14.0. The van der Waals surface area contributed by atoms with Crippen LogP contribution in [-0.4, -0.2) is 53.9 Å². The van der Waals surface area contributed by atoms with Gasteiger partial charge in [-0.15, -0.1) is 0 Å². The van der Waals surface area contributed by atoms with Crippen molar-refractivity contribution in [2.45, 2.75) is 34.6 Å². The molecule has 0 amide bonds. The lowest BCUT2D eigenvalue weighted by atomic mass is 10.1. The number of hydrogen-bond acceptors (Lipinski definition) is 10. The quantitative estimate of drug-likeness (QED) is 0.308. The fraction of sp³-hybridized carbons (Fsp3) is 0.208. The fourth-order valence-corrected chi connectivity index (χ4v) is 6.58. The van der Waals surface area contributed by atoms with Crippen LogP contribution in [0.4, 0.5) is 4.39 Å². The molecule has 3 aromatic heterocycles. The van der Waals surface area contributed by atoms with Gasteiger partial charge >= 0.3 is 0 Å². The highest BCUT2D eigenvalue weighted by molar-refractivity contribution is 7.99. The number of imidazole rings is 2. The van der Waals surface area contributed by atoms with Crippen LogP contribution in [-0.2, 0) is 18.3 Å². The summed E-state index contributed by atoms with van der Waals surface area (Å²) in [6.07, 6.45) is -3.18. The summed E-state index contributed by atoms with van der Waals surface area (Å²) in [7, 11) is -4.61. The maximum atomic E-state index is 13.6. The zero-order chi connectivity index (χ0) is 26.9. The molecule has 0 saturated carbocycles. The number of aromatic nitrogens is 5. The second kappa shape index (κ2) is 9.10. The van der Waals surface area contributed by atoms with E-state index in [0.29, 0.717) is 10.6 Å². The smallest absolute Gasteiger partial charge is 0.287 e. The predicted octanol–water partition coefficient (Wildman–Crippen LogP) is 2.47. The van der Waals surface area contributed by atoms with Crippen LogP contribution in [0.2, 0.25) is 0 Å². The average Bonchev–Trinajstić information content (AvgIpc) is 3.60. The van der Waals surface area contributed by atoms with E-state index in [9.17, 15) is 23.7 Å². The van der Waals surface area contributed by atoms with Crippen molar-refractivity contribution in [3.05, 3.63) is 77.0 Å². The number of aliphatic hydroxyl groups excluding tert-OH is 1. The predicted molar refractivity (Wildman–Crippen MR) is 133 cm³/mol. The number of aromatic amines is 1. The molecule has 2 N–H and O–H groups in total. The molecule has 39 heavy (non-hydrogen) atoms. The van der Waals surface area contributed by atoms with E-state index in [4.69, 9.17) is 13.8 Å². The number of nitrogens with zero attached hydrogens (tertiary/aromatic N) is 4. The number of benzene rings is 2. The van der Waals surface area contributed by atoms with Crippen molar-refractivity contribution in [2.24, 2.45) is 0 Å². The molecule has 7 rings (SSSR count). The molecule has 5 heterocycles. The SMILES string of the molecule is O=c1c2nc(Sc3ccc(F)cc3)n([C@@H]3OC4COP(=O)([O-])O[C@H]4C3O)c2nc2[nH]c(-c3ccccc3)cn12. The lowest BCUT2D eigenvalue weighted by Crippen LogP contribution is -2.41. The van der Waals surface area contributed by atoms with Crippen molar-refractivity contribution in [2.75, 3.05) is 6.61 Å². The van der Waals surface area contributed by atoms with Gasteiger partial charge in [0.2, 0.25) is 5.78 Å². The maximum absolute atomic E-state index is 13.6. The van der Waals surface area contributed by atoms with Crippen molar-refractivity contribution in [1.82, 2.24) is 23.9 Å². The van der Waals surface area contributed by atoms with Crippen LogP contribution in [0.15, 0.2) is 75.6 Å². The number of phosphoric acid groups is 1. The third-order valence-corrected chi connectivity index (χ3v) is 8.48. The van der Waals surface area contributed by atoms with Crippen molar-refractivity contribution >= 4 is 36.5 Å². The summed E-state index contributed by atoms with van der Waals surface area (Å²) in [4.78, 5) is 38.4. The molecule has 0 radical (unpaired) electrons. The van der Waals surface area contributed by atoms with E-state index in [1.165, 1.54) is 33.2 Å². The highest BCUT2D eigenvalue weighted by Crippen LogP contribution is 2.50. The van der Waals surface area contributed by atoms with Gasteiger partial charge in [0.1, 0.15) is 24.1 Å². The van der Waals surface area contributed by atoms with Crippen molar-refractivity contribution < 1.29 is 32.7 Å². The first-order valence-electron chi connectivity index (χ1n) is 11.8. The first kappa shape index (κ1) is 24.7. The minimum absolute atomic E-state index is 0.00643. The fourth-order valence-electron chi connectivity index (χ4n) is 4.72. The van der Waals surface area contributed by atoms with Gasteiger partial charge in [-0.2, -0.15) is 4.98 Å². The number of phosphoric ester groups is 1. The minimum Gasteiger partial charge on any atom is -0.756 e.